The van der Waals surface area contributed by atoms with Crippen molar-refractivity contribution in [2.45, 2.75) is 52.4 Å². The molecule has 4 heteroatoms. The molecule has 0 unspecified atom stereocenters. The number of nitrogens with one attached hydrogen (secondary N) is 1. The second-order valence-corrected chi connectivity index (χ2v) is 4.01. The number of hydrogen-bond acceptors (Lipinski definition) is 3. The highest BCUT2D eigenvalue weighted by molar-refractivity contribution is 5.88. The molecule has 1 aromatic rings. The predicted molar refractivity (Wildman–Crippen MR) is 63.2 cm³/mol. The highest BCUT2D eigenvalue weighted by Crippen LogP contribution is 2.09. The standard InChI is InChI=1S/C12H20N2O2/c1-3-4-5-6-7-8-11(15)14-12-13-10(2)9-16-12/h9H,3-8H2,1-2H3,(H,13,14,15). The van der Waals surface area contributed by atoms with E-state index in [-0.39, 0.29) is 5.91 Å². The first-order chi connectivity index (χ1) is 7.72. The van der Waals surface area contributed by atoms with Crippen molar-refractivity contribution >= 4 is 11.9 Å². The fourth-order valence-electron chi connectivity index (χ4n) is 1.48. The number of oxazole rings is 1. The van der Waals surface area contributed by atoms with E-state index in [1.807, 2.05) is 6.92 Å². The molecule has 0 bridgehead atoms. The number of aromatic nitrogens is 1. The number of carbonyl (C=O) groups excluding carboxylic acids is 1. The van der Waals surface area contributed by atoms with Gasteiger partial charge in [0, 0.05) is 6.42 Å². The van der Waals surface area contributed by atoms with Crippen molar-refractivity contribution in [1.82, 2.24) is 4.98 Å². The highest BCUT2D eigenvalue weighted by Gasteiger charge is 2.05. The molecule has 0 saturated heterocycles. The normalized spacial score (nSPS) is 10.4. The Labute approximate surface area is 96.4 Å². The minimum atomic E-state index is -0.0154. The van der Waals surface area contributed by atoms with E-state index in [1.165, 1.54) is 25.5 Å². The van der Waals surface area contributed by atoms with Crippen LogP contribution in [0, 0.1) is 6.92 Å². The van der Waals surface area contributed by atoms with Crippen LogP contribution in [0.4, 0.5) is 6.01 Å². The van der Waals surface area contributed by atoms with Crippen LogP contribution in [-0.2, 0) is 4.79 Å². The van der Waals surface area contributed by atoms with E-state index < -0.39 is 0 Å². The monoisotopic (exact) mass is 224 g/mol. The SMILES string of the molecule is CCCCCCCC(=O)Nc1nc(C)co1. The van der Waals surface area contributed by atoms with Gasteiger partial charge in [0.25, 0.3) is 0 Å². The summed E-state index contributed by atoms with van der Waals surface area (Å²) in [6.45, 7) is 4.00. The van der Waals surface area contributed by atoms with Crippen molar-refractivity contribution in [3.63, 3.8) is 0 Å². The number of rotatable bonds is 7. The molecule has 1 aromatic heterocycles. The molecule has 0 aliphatic carbocycles. The van der Waals surface area contributed by atoms with Gasteiger partial charge in [0.15, 0.2) is 0 Å². The van der Waals surface area contributed by atoms with E-state index in [9.17, 15) is 4.79 Å². The predicted octanol–water partition coefficient (Wildman–Crippen LogP) is 3.28. The van der Waals surface area contributed by atoms with Crippen LogP contribution in [0.15, 0.2) is 10.7 Å². The Bertz CT molecular complexity index is 321. The Morgan fingerprint density at radius 3 is 2.75 bits per heavy atom. The quantitative estimate of drug-likeness (QED) is 0.723. The number of nitrogens with zero attached hydrogens (tertiary/aromatic N) is 1. The number of hydrogen-bond donors (Lipinski definition) is 1. The molecule has 0 atom stereocenters. The Morgan fingerprint density at radius 1 is 1.38 bits per heavy atom. The Morgan fingerprint density at radius 2 is 2.12 bits per heavy atom. The first-order valence-corrected chi connectivity index (χ1v) is 5.94. The van der Waals surface area contributed by atoms with E-state index in [0.29, 0.717) is 12.4 Å². The van der Waals surface area contributed by atoms with Gasteiger partial charge in [0.1, 0.15) is 6.26 Å². The van der Waals surface area contributed by atoms with Gasteiger partial charge in [-0.25, -0.2) is 0 Å². The second kappa shape index (κ2) is 7.04. The largest absolute Gasteiger partial charge is 0.432 e. The van der Waals surface area contributed by atoms with Crippen LogP contribution in [0.2, 0.25) is 0 Å². The van der Waals surface area contributed by atoms with E-state index in [2.05, 4.69) is 17.2 Å². The van der Waals surface area contributed by atoms with Gasteiger partial charge in [-0.2, -0.15) is 4.98 Å². The fourth-order valence-corrected chi connectivity index (χ4v) is 1.48. The van der Waals surface area contributed by atoms with Crippen LogP contribution >= 0.6 is 0 Å². The number of aryl methyl sites for hydroxylation is 1. The van der Waals surface area contributed by atoms with Crippen LogP contribution in [0.1, 0.15) is 51.1 Å². The van der Waals surface area contributed by atoms with Crippen molar-refractivity contribution in [3.8, 4) is 0 Å². The second-order valence-electron chi connectivity index (χ2n) is 4.01. The van der Waals surface area contributed by atoms with Gasteiger partial charge >= 0.3 is 6.01 Å². The summed E-state index contributed by atoms with van der Waals surface area (Å²) in [6.07, 6.45) is 7.81. The molecule has 4 nitrogen and oxygen atoms in total. The lowest BCUT2D eigenvalue weighted by Gasteiger charge is -2.00. The summed E-state index contributed by atoms with van der Waals surface area (Å²) in [5, 5.41) is 2.64. The summed E-state index contributed by atoms with van der Waals surface area (Å²) in [5.41, 5.74) is 0.776. The lowest BCUT2D eigenvalue weighted by atomic mass is 10.1. The topological polar surface area (TPSA) is 55.1 Å². The summed E-state index contributed by atoms with van der Waals surface area (Å²) in [5.74, 6) is -0.0154. The Kier molecular flexibility index (Phi) is 5.61. The van der Waals surface area contributed by atoms with Crippen LogP contribution in [0.3, 0.4) is 0 Å². The van der Waals surface area contributed by atoms with Crippen LogP contribution in [0.25, 0.3) is 0 Å². The first kappa shape index (κ1) is 12.7. The average molecular weight is 224 g/mol. The van der Waals surface area contributed by atoms with E-state index in [4.69, 9.17) is 4.42 Å². The minimum absolute atomic E-state index is 0.0154. The number of unbranched alkanes of at least 4 members (excludes halogenated alkanes) is 4. The summed E-state index contributed by atoms with van der Waals surface area (Å²) in [4.78, 5) is 15.5. The summed E-state index contributed by atoms with van der Waals surface area (Å²) in [7, 11) is 0. The molecule has 0 spiro atoms. The van der Waals surface area contributed by atoms with Crippen molar-refractivity contribution in [2.24, 2.45) is 0 Å². The van der Waals surface area contributed by atoms with E-state index >= 15 is 0 Å². The molecule has 0 fully saturated rings. The molecule has 90 valence electrons. The number of carbonyl (C=O) groups is 1. The summed E-state index contributed by atoms with van der Waals surface area (Å²) in [6, 6.07) is 0.302. The molecular weight excluding hydrogens is 204 g/mol. The van der Waals surface area contributed by atoms with Crippen molar-refractivity contribution < 1.29 is 9.21 Å². The molecule has 0 aliphatic heterocycles. The maximum absolute atomic E-state index is 11.4. The molecule has 1 heterocycles. The molecule has 0 aliphatic rings. The van der Waals surface area contributed by atoms with Gasteiger partial charge in [0.2, 0.25) is 5.91 Å². The van der Waals surface area contributed by atoms with Gasteiger partial charge in [-0.15, -0.1) is 0 Å². The third-order valence-electron chi connectivity index (χ3n) is 2.37. The zero-order valence-corrected chi connectivity index (χ0v) is 10.1. The van der Waals surface area contributed by atoms with Crippen molar-refractivity contribution in [3.05, 3.63) is 12.0 Å². The molecular formula is C12H20N2O2. The van der Waals surface area contributed by atoms with Gasteiger partial charge in [-0.1, -0.05) is 32.6 Å². The highest BCUT2D eigenvalue weighted by atomic mass is 16.4. The maximum atomic E-state index is 11.4. The summed E-state index contributed by atoms with van der Waals surface area (Å²) >= 11 is 0. The molecule has 1 N–H and O–H groups in total. The molecule has 1 amide bonds. The van der Waals surface area contributed by atoms with Gasteiger partial charge in [-0.3, -0.25) is 10.1 Å². The van der Waals surface area contributed by atoms with Crippen LogP contribution in [0.5, 0.6) is 0 Å². The number of anilines is 1. The Balaban J connectivity index is 2.11. The minimum Gasteiger partial charge on any atom is -0.432 e. The lowest BCUT2D eigenvalue weighted by Crippen LogP contribution is -2.11. The smallest absolute Gasteiger partial charge is 0.301 e. The molecule has 0 saturated carbocycles. The van der Waals surface area contributed by atoms with E-state index in [1.54, 1.807) is 0 Å². The third kappa shape index (κ3) is 4.96. The van der Waals surface area contributed by atoms with Gasteiger partial charge < -0.3 is 4.42 Å². The molecule has 16 heavy (non-hydrogen) atoms. The van der Waals surface area contributed by atoms with E-state index in [0.717, 1.165) is 18.5 Å². The summed E-state index contributed by atoms with van der Waals surface area (Å²) < 4.78 is 5.04. The third-order valence-corrected chi connectivity index (χ3v) is 2.37. The Hall–Kier alpha value is -1.32. The average Bonchev–Trinajstić information content (AvgIpc) is 2.63. The fraction of sp³-hybridized carbons (Fsp3) is 0.667. The maximum Gasteiger partial charge on any atom is 0.301 e. The molecule has 0 radical (unpaired) electrons. The van der Waals surface area contributed by atoms with Crippen molar-refractivity contribution in [2.75, 3.05) is 5.32 Å². The number of amides is 1. The van der Waals surface area contributed by atoms with Gasteiger partial charge in [0.05, 0.1) is 5.69 Å². The van der Waals surface area contributed by atoms with Crippen molar-refractivity contribution in [1.29, 1.82) is 0 Å². The molecule has 0 aromatic carbocycles. The zero-order valence-electron chi connectivity index (χ0n) is 10.1. The first-order valence-electron chi connectivity index (χ1n) is 5.94. The molecule has 1 rings (SSSR count). The van der Waals surface area contributed by atoms with Gasteiger partial charge in [-0.05, 0) is 13.3 Å². The lowest BCUT2D eigenvalue weighted by molar-refractivity contribution is -0.116. The van der Waals surface area contributed by atoms with Crippen LogP contribution in [-0.4, -0.2) is 10.9 Å². The zero-order chi connectivity index (χ0) is 11.8. The van der Waals surface area contributed by atoms with Crippen LogP contribution < -0.4 is 5.32 Å².